The summed E-state index contributed by atoms with van der Waals surface area (Å²) in [6.45, 7) is 6.69. The average Bonchev–Trinajstić information content (AvgIpc) is 3.05. The summed E-state index contributed by atoms with van der Waals surface area (Å²) in [6.07, 6.45) is 2.86. The Bertz CT molecular complexity index is 728. The average molecular weight is 506 g/mol. The van der Waals surface area contributed by atoms with E-state index in [1.807, 2.05) is 31.4 Å². The van der Waals surface area contributed by atoms with Crippen molar-refractivity contribution < 1.29 is 0 Å². The molecule has 3 rings (SSSR count). The highest BCUT2D eigenvalue weighted by Crippen LogP contribution is 2.26. The highest BCUT2D eigenvalue weighted by molar-refractivity contribution is 14.0. The number of benzene rings is 1. The molecule has 1 aliphatic rings. The summed E-state index contributed by atoms with van der Waals surface area (Å²) in [6, 6.07) is 8.04. The van der Waals surface area contributed by atoms with Gasteiger partial charge in [0, 0.05) is 57.3 Å². The van der Waals surface area contributed by atoms with Gasteiger partial charge < -0.3 is 15.1 Å². The Labute approximate surface area is 181 Å². The summed E-state index contributed by atoms with van der Waals surface area (Å²) in [5, 5.41) is 5.45. The number of hydrogen-bond acceptors (Lipinski definition) is 4. The van der Waals surface area contributed by atoms with E-state index in [1.54, 1.807) is 11.3 Å². The van der Waals surface area contributed by atoms with Gasteiger partial charge in [0.25, 0.3) is 0 Å². The number of aliphatic imine (C=N–C) groups is 1. The van der Waals surface area contributed by atoms with Crippen molar-refractivity contribution in [2.24, 2.45) is 4.99 Å². The van der Waals surface area contributed by atoms with E-state index in [9.17, 15) is 0 Å². The van der Waals surface area contributed by atoms with E-state index < -0.39 is 0 Å². The number of halogens is 2. The number of para-hydroxylation sites is 1. The number of nitrogens with one attached hydrogen (secondary N) is 1. The quantitative estimate of drug-likeness (QED) is 0.391. The van der Waals surface area contributed by atoms with E-state index in [0.717, 1.165) is 55.8 Å². The SMILES string of the molecule is CN=C(NCCc1ncc(C)s1)N1CCN(c2ccccc2Cl)CC1.I. The number of aryl methyl sites for hydroxylation is 1. The Morgan fingerprint density at radius 3 is 2.62 bits per heavy atom. The van der Waals surface area contributed by atoms with Gasteiger partial charge in [-0.15, -0.1) is 35.3 Å². The van der Waals surface area contributed by atoms with E-state index in [-0.39, 0.29) is 24.0 Å². The lowest BCUT2D eigenvalue weighted by Crippen LogP contribution is -2.52. The molecular weight excluding hydrogens is 481 g/mol. The monoisotopic (exact) mass is 505 g/mol. The fourth-order valence-corrected chi connectivity index (χ4v) is 4.04. The lowest BCUT2D eigenvalue weighted by Gasteiger charge is -2.38. The molecule has 2 heterocycles. The molecule has 26 heavy (non-hydrogen) atoms. The third-order valence-electron chi connectivity index (χ3n) is 4.28. The molecule has 0 bridgehead atoms. The number of hydrogen-bond donors (Lipinski definition) is 1. The molecule has 0 spiro atoms. The lowest BCUT2D eigenvalue weighted by atomic mass is 10.2. The molecule has 2 aromatic rings. The molecule has 0 amide bonds. The van der Waals surface area contributed by atoms with E-state index in [2.05, 4.69) is 38.1 Å². The summed E-state index contributed by atoms with van der Waals surface area (Å²) < 4.78 is 0. The van der Waals surface area contributed by atoms with Crippen LogP contribution in [0.15, 0.2) is 35.5 Å². The summed E-state index contributed by atoms with van der Waals surface area (Å²) >= 11 is 8.07. The van der Waals surface area contributed by atoms with E-state index in [1.165, 1.54) is 9.88 Å². The maximum absolute atomic E-state index is 6.32. The maximum Gasteiger partial charge on any atom is 0.193 e. The van der Waals surface area contributed by atoms with Crippen LogP contribution in [0.4, 0.5) is 5.69 Å². The van der Waals surface area contributed by atoms with Gasteiger partial charge in [-0.3, -0.25) is 4.99 Å². The zero-order chi connectivity index (χ0) is 17.6. The van der Waals surface area contributed by atoms with Crippen LogP contribution in [-0.4, -0.2) is 55.6 Å². The number of nitrogens with zero attached hydrogens (tertiary/aromatic N) is 4. The van der Waals surface area contributed by atoms with Gasteiger partial charge in [0.1, 0.15) is 0 Å². The van der Waals surface area contributed by atoms with Crippen LogP contribution >= 0.6 is 46.9 Å². The van der Waals surface area contributed by atoms with Gasteiger partial charge in [0.05, 0.1) is 15.7 Å². The van der Waals surface area contributed by atoms with Gasteiger partial charge in [-0.2, -0.15) is 0 Å². The van der Waals surface area contributed by atoms with E-state index >= 15 is 0 Å². The van der Waals surface area contributed by atoms with Gasteiger partial charge in [-0.05, 0) is 19.1 Å². The van der Waals surface area contributed by atoms with E-state index in [0.29, 0.717) is 0 Å². The third kappa shape index (κ3) is 5.47. The van der Waals surface area contributed by atoms with Crippen molar-refractivity contribution in [1.82, 2.24) is 15.2 Å². The maximum atomic E-state index is 6.32. The standard InChI is InChI=1S/C18H24ClN5S.HI/c1-14-13-22-17(25-14)7-8-21-18(20-2)24-11-9-23(10-12-24)16-6-4-3-5-15(16)19;/h3-6,13H,7-12H2,1-2H3,(H,20,21);1H. The Kier molecular flexibility index (Phi) is 8.43. The molecule has 8 heteroatoms. The van der Waals surface area contributed by atoms with Crippen molar-refractivity contribution in [3.05, 3.63) is 45.4 Å². The molecule has 1 aromatic carbocycles. The smallest absolute Gasteiger partial charge is 0.193 e. The van der Waals surface area contributed by atoms with Crippen LogP contribution in [0.3, 0.4) is 0 Å². The first kappa shape index (κ1) is 21.2. The first-order chi connectivity index (χ1) is 12.2. The molecule has 142 valence electrons. The fourth-order valence-electron chi connectivity index (χ4n) is 3.00. The minimum absolute atomic E-state index is 0. The van der Waals surface area contributed by atoms with Crippen LogP contribution in [0.1, 0.15) is 9.88 Å². The molecule has 0 radical (unpaired) electrons. The van der Waals surface area contributed by atoms with Gasteiger partial charge in [0.15, 0.2) is 5.96 Å². The van der Waals surface area contributed by atoms with Gasteiger partial charge in [0.2, 0.25) is 0 Å². The normalized spacial score (nSPS) is 15.0. The molecule has 1 fully saturated rings. The fraction of sp³-hybridized carbons (Fsp3) is 0.444. The minimum atomic E-state index is 0. The van der Waals surface area contributed by atoms with Crippen molar-refractivity contribution in [3.8, 4) is 0 Å². The highest BCUT2D eigenvalue weighted by atomic mass is 127. The van der Waals surface area contributed by atoms with Gasteiger partial charge in [-0.1, -0.05) is 23.7 Å². The molecule has 1 aromatic heterocycles. The van der Waals surface area contributed by atoms with Crippen molar-refractivity contribution in [3.63, 3.8) is 0 Å². The Hall–Kier alpha value is -1.06. The molecule has 0 unspecified atom stereocenters. The molecular formula is C18H25ClIN5S. The van der Waals surface area contributed by atoms with E-state index in [4.69, 9.17) is 11.6 Å². The predicted octanol–water partition coefficient (Wildman–Crippen LogP) is 3.66. The highest BCUT2D eigenvalue weighted by Gasteiger charge is 2.20. The van der Waals surface area contributed by atoms with Crippen molar-refractivity contribution in [2.75, 3.05) is 44.7 Å². The number of anilines is 1. The van der Waals surface area contributed by atoms with Crippen molar-refractivity contribution in [2.45, 2.75) is 13.3 Å². The van der Waals surface area contributed by atoms with Crippen LogP contribution in [0.5, 0.6) is 0 Å². The van der Waals surface area contributed by atoms with Crippen LogP contribution in [0.2, 0.25) is 5.02 Å². The molecule has 0 atom stereocenters. The lowest BCUT2D eigenvalue weighted by molar-refractivity contribution is 0.373. The number of rotatable bonds is 4. The number of thiazole rings is 1. The first-order valence-corrected chi connectivity index (χ1v) is 9.73. The summed E-state index contributed by atoms with van der Waals surface area (Å²) in [7, 11) is 1.84. The molecule has 1 aliphatic heterocycles. The van der Waals surface area contributed by atoms with Crippen LogP contribution in [0.25, 0.3) is 0 Å². The van der Waals surface area contributed by atoms with Crippen LogP contribution in [-0.2, 0) is 6.42 Å². The summed E-state index contributed by atoms with van der Waals surface area (Å²) in [5.41, 5.74) is 1.12. The molecule has 1 N–H and O–H groups in total. The first-order valence-electron chi connectivity index (χ1n) is 8.54. The number of piperazine rings is 1. The molecule has 0 aliphatic carbocycles. The van der Waals surface area contributed by atoms with Crippen LogP contribution < -0.4 is 10.2 Å². The number of guanidine groups is 1. The zero-order valence-electron chi connectivity index (χ0n) is 15.1. The van der Waals surface area contributed by atoms with Crippen molar-refractivity contribution in [1.29, 1.82) is 0 Å². The molecule has 5 nitrogen and oxygen atoms in total. The minimum Gasteiger partial charge on any atom is -0.367 e. The zero-order valence-corrected chi connectivity index (χ0v) is 19.0. The second kappa shape index (κ2) is 10.3. The molecule has 0 saturated carbocycles. The Morgan fingerprint density at radius 1 is 1.27 bits per heavy atom. The van der Waals surface area contributed by atoms with Crippen LogP contribution in [0, 0.1) is 6.92 Å². The topological polar surface area (TPSA) is 43.8 Å². The number of aromatic nitrogens is 1. The summed E-state index contributed by atoms with van der Waals surface area (Å²) in [5.74, 6) is 0.965. The molecule has 1 saturated heterocycles. The predicted molar refractivity (Wildman–Crippen MR) is 123 cm³/mol. The van der Waals surface area contributed by atoms with Gasteiger partial charge in [-0.25, -0.2) is 4.98 Å². The largest absolute Gasteiger partial charge is 0.367 e. The summed E-state index contributed by atoms with van der Waals surface area (Å²) in [4.78, 5) is 14.7. The Balaban J connectivity index is 0.00000243. The van der Waals surface area contributed by atoms with Gasteiger partial charge >= 0.3 is 0 Å². The third-order valence-corrected chi connectivity index (χ3v) is 5.57. The second-order valence-corrected chi connectivity index (χ2v) is 7.74. The second-order valence-electron chi connectivity index (χ2n) is 6.01. The Morgan fingerprint density at radius 2 is 2.00 bits per heavy atom. The van der Waals surface area contributed by atoms with Crippen molar-refractivity contribution >= 4 is 58.6 Å².